The first-order valence-corrected chi connectivity index (χ1v) is 8.08. The lowest BCUT2D eigenvalue weighted by molar-refractivity contribution is 0.391. The van der Waals surface area contributed by atoms with Crippen LogP contribution in [-0.4, -0.2) is 13.6 Å². The zero-order chi connectivity index (χ0) is 15.8. The fourth-order valence-electron chi connectivity index (χ4n) is 2.14. The molecule has 0 saturated carbocycles. The number of nitrogens with two attached hydrogens (primary N) is 1. The average molecular weight is 330 g/mol. The van der Waals surface area contributed by atoms with Gasteiger partial charge in [-0.15, -0.1) is 0 Å². The molecular formula is C13H16ClN3O3S. The highest BCUT2D eigenvalue weighted by atomic mass is 35.5. The predicted molar refractivity (Wildman–Crippen MR) is 80.6 cm³/mol. The molecular weight excluding hydrogens is 314 g/mol. The van der Waals surface area contributed by atoms with Crippen LogP contribution < -0.4 is 10.5 Å². The van der Waals surface area contributed by atoms with Gasteiger partial charge in [-0.25, -0.2) is 13.1 Å². The van der Waals surface area contributed by atoms with E-state index in [-0.39, 0.29) is 9.92 Å². The number of nitrogens with zero attached hydrogens (tertiary/aromatic N) is 1. The number of sulfonamides is 1. The summed E-state index contributed by atoms with van der Waals surface area (Å²) in [5.41, 5.74) is 7.28. The molecule has 8 heteroatoms. The van der Waals surface area contributed by atoms with Crippen molar-refractivity contribution in [1.82, 2.24) is 9.88 Å². The molecule has 6 nitrogen and oxygen atoms in total. The highest BCUT2D eigenvalue weighted by Gasteiger charge is 2.23. The first-order valence-electron chi connectivity index (χ1n) is 6.22. The molecule has 0 bridgehead atoms. The molecule has 0 saturated heterocycles. The van der Waals surface area contributed by atoms with E-state index < -0.39 is 16.1 Å². The van der Waals surface area contributed by atoms with E-state index in [0.29, 0.717) is 17.1 Å². The first kappa shape index (κ1) is 15.8. The van der Waals surface area contributed by atoms with Crippen molar-refractivity contribution in [2.45, 2.75) is 31.7 Å². The maximum Gasteiger partial charge on any atom is 0.241 e. The second-order valence-corrected chi connectivity index (χ2v) is 6.89. The second-order valence-electron chi connectivity index (χ2n) is 4.76. The van der Waals surface area contributed by atoms with E-state index in [2.05, 4.69) is 9.88 Å². The van der Waals surface area contributed by atoms with Crippen molar-refractivity contribution < 1.29 is 12.9 Å². The number of hydrogen-bond donors (Lipinski definition) is 2. The van der Waals surface area contributed by atoms with Crippen molar-refractivity contribution in [3.63, 3.8) is 0 Å². The Hall–Kier alpha value is -1.57. The van der Waals surface area contributed by atoms with Gasteiger partial charge in [0.1, 0.15) is 5.76 Å². The minimum atomic E-state index is -3.72. The van der Waals surface area contributed by atoms with E-state index in [0.717, 1.165) is 5.56 Å². The number of rotatable bonds is 4. The zero-order valence-corrected chi connectivity index (χ0v) is 13.4. The summed E-state index contributed by atoms with van der Waals surface area (Å²) in [4.78, 5) is 0.0558. The number of benzene rings is 1. The summed E-state index contributed by atoms with van der Waals surface area (Å²) in [5.74, 6) is 0.582. The summed E-state index contributed by atoms with van der Waals surface area (Å²) in [6, 6.07) is 3.71. The van der Waals surface area contributed by atoms with Gasteiger partial charge in [0, 0.05) is 11.6 Å². The SMILES string of the molecule is Cc1noc(C)c1C(C)NS(=O)(=O)c1ccc(N)c(Cl)c1. The molecule has 1 heterocycles. The van der Waals surface area contributed by atoms with E-state index in [1.807, 2.05) is 0 Å². The number of anilines is 1. The van der Waals surface area contributed by atoms with Crippen LogP contribution in [0.3, 0.4) is 0 Å². The minimum absolute atomic E-state index is 0.0558. The highest BCUT2D eigenvalue weighted by Crippen LogP contribution is 2.25. The van der Waals surface area contributed by atoms with Crippen LogP contribution in [0.25, 0.3) is 0 Å². The van der Waals surface area contributed by atoms with E-state index in [1.54, 1.807) is 20.8 Å². The normalized spacial score (nSPS) is 13.3. The molecule has 3 N–H and O–H groups in total. The fraction of sp³-hybridized carbons (Fsp3) is 0.308. The molecule has 0 aliphatic rings. The Morgan fingerprint density at radius 1 is 1.38 bits per heavy atom. The van der Waals surface area contributed by atoms with Gasteiger partial charge in [0.15, 0.2) is 0 Å². The smallest absolute Gasteiger partial charge is 0.241 e. The number of hydrogen-bond acceptors (Lipinski definition) is 5. The maximum absolute atomic E-state index is 12.4. The number of aryl methyl sites for hydroxylation is 2. The van der Waals surface area contributed by atoms with Gasteiger partial charge in [-0.3, -0.25) is 0 Å². The van der Waals surface area contributed by atoms with Crippen LogP contribution in [-0.2, 0) is 10.0 Å². The van der Waals surface area contributed by atoms with Gasteiger partial charge in [-0.05, 0) is 39.0 Å². The van der Waals surface area contributed by atoms with E-state index in [4.69, 9.17) is 21.9 Å². The molecule has 1 unspecified atom stereocenters. The first-order chi connectivity index (χ1) is 9.72. The van der Waals surface area contributed by atoms with Crippen molar-refractivity contribution in [1.29, 1.82) is 0 Å². The van der Waals surface area contributed by atoms with Gasteiger partial charge in [0.05, 0.1) is 21.3 Å². The van der Waals surface area contributed by atoms with Crippen LogP contribution in [0.2, 0.25) is 5.02 Å². The lowest BCUT2D eigenvalue weighted by Crippen LogP contribution is -2.27. The van der Waals surface area contributed by atoms with Crippen LogP contribution in [0.4, 0.5) is 5.69 Å². The number of halogens is 1. The van der Waals surface area contributed by atoms with Crippen LogP contribution in [0.1, 0.15) is 30.0 Å². The Bertz CT molecular complexity index is 751. The largest absolute Gasteiger partial charge is 0.398 e. The Balaban J connectivity index is 2.31. The van der Waals surface area contributed by atoms with Crippen molar-refractivity contribution in [3.05, 3.63) is 40.2 Å². The summed E-state index contributed by atoms with van der Waals surface area (Å²) in [7, 11) is -3.72. The molecule has 0 radical (unpaired) electrons. The van der Waals surface area contributed by atoms with Gasteiger partial charge in [0.25, 0.3) is 0 Å². The third kappa shape index (κ3) is 3.20. The van der Waals surface area contributed by atoms with Crippen molar-refractivity contribution in [3.8, 4) is 0 Å². The molecule has 2 aromatic rings. The number of aromatic nitrogens is 1. The average Bonchev–Trinajstić information content (AvgIpc) is 2.71. The topological polar surface area (TPSA) is 98.2 Å². The van der Waals surface area contributed by atoms with Crippen LogP contribution in [0, 0.1) is 13.8 Å². The number of nitrogen functional groups attached to an aromatic ring is 1. The third-order valence-corrected chi connectivity index (χ3v) is 5.00. The Kier molecular flexibility index (Phi) is 4.27. The molecule has 1 aromatic heterocycles. The van der Waals surface area contributed by atoms with Gasteiger partial charge in [-0.2, -0.15) is 0 Å². The van der Waals surface area contributed by atoms with Gasteiger partial charge >= 0.3 is 0 Å². The van der Waals surface area contributed by atoms with Crippen molar-refractivity contribution >= 4 is 27.3 Å². The van der Waals surface area contributed by atoms with Crippen LogP contribution in [0.15, 0.2) is 27.6 Å². The standard InChI is InChI=1S/C13H16ClN3O3S/c1-7-13(9(3)20-16-7)8(2)17-21(18,19)10-4-5-12(15)11(14)6-10/h4-6,8,17H,15H2,1-3H3. The Morgan fingerprint density at radius 2 is 2.05 bits per heavy atom. The quantitative estimate of drug-likeness (QED) is 0.840. The fourth-order valence-corrected chi connectivity index (χ4v) is 3.63. The van der Waals surface area contributed by atoms with Crippen LogP contribution in [0.5, 0.6) is 0 Å². The van der Waals surface area contributed by atoms with Gasteiger partial charge < -0.3 is 10.3 Å². The molecule has 0 aliphatic carbocycles. The molecule has 2 rings (SSSR count). The molecule has 0 spiro atoms. The van der Waals surface area contributed by atoms with Crippen LogP contribution >= 0.6 is 11.6 Å². The highest BCUT2D eigenvalue weighted by molar-refractivity contribution is 7.89. The summed E-state index contributed by atoms with van der Waals surface area (Å²) >= 11 is 5.86. The molecule has 0 aliphatic heterocycles. The minimum Gasteiger partial charge on any atom is -0.398 e. The predicted octanol–water partition coefficient (Wildman–Crippen LogP) is 2.57. The summed E-state index contributed by atoms with van der Waals surface area (Å²) in [6.45, 7) is 5.22. The second kappa shape index (κ2) is 5.67. The molecule has 0 fully saturated rings. The Labute approximate surface area is 128 Å². The van der Waals surface area contributed by atoms with E-state index >= 15 is 0 Å². The maximum atomic E-state index is 12.4. The number of nitrogens with one attached hydrogen (secondary N) is 1. The molecule has 1 aromatic carbocycles. The molecule has 21 heavy (non-hydrogen) atoms. The Morgan fingerprint density at radius 3 is 2.57 bits per heavy atom. The molecule has 1 atom stereocenters. The summed E-state index contributed by atoms with van der Waals surface area (Å²) < 4.78 is 32.3. The van der Waals surface area contributed by atoms with E-state index in [9.17, 15) is 8.42 Å². The lowest BCUT2D eigenvalue weighted by Gasteiger charge is -2.14. The van der Waals surface area contributed by atoms with Crippen molar-refractivity contribution in [2.75, 3.05) is 5.73 Å². The lowest BCUT2D eigenvalue weighted by atomic mass is 10.1. The molecule has 0 amide bonds. The van der Waals surface area contributed by atoms with E-state index in [1.165, 1.54) is 18.2 Å². The van der Waals surface area contributed by atoms with Crippen molar-refractivity contribution in [2.24, 2.45) is 0 Å². The van der Waals surface area contributed by atoms with Gasteiger partial charge in [0.2, 0.25) is 10.0 Å². The summed E-state index contributed by atoms with van der Waals surface area (Å²) in [5, 5.41) is 4.02. The summed E-state index contributed by atoms with van der Waals surface area (Å²) in [6.07, 6.45) is 0. The molecule has 114 valence electrons. The van der Waals surface area contributed by atoms with Gasteiger partial charge in [-0.1, -0.05) is 16.8 Å². The third-order valence-electron chi connectivity index (χ3n) is 3.14. The monoisotopic (exact) mass is 329 g/mol. The zero-order valence-electron chi connectivity index (χ0n) is 11.8.